The van der Waals surface area contributed by atoms with Crippen molar-refractivity contribution in [2.75, 3.05) is 11.6 Å². The maximum Gasteiger partial charge on any atom is 0.227 e. The molecule has 1 N–H and O–H groups in total. The van der Waals surface area contributed by atoms with Crippen molar-refractivity contribution in [2.24, 2.45) is 0 Å². The van der Waals surface area contributed by atoms with E-state index in [4.69, 9.17) is 27.9 Å². The van der Waals surface area contributed by atoms with Crippen LogP contribution < -0.4 is 10.1 Å². The average molecular weight is 511 g/mol. The summed E-state index contributed by atoms with van der Waals surface area (Å²) < 4.78 is 23.5. The zero-order valence-corrected chi connectivity index (χ0v) is 20.1. The Labute approximate surface area is 209 Å². The van der Waals surface area contributed by atoms with E-state index in [1.807, 2.05) is 48.7 Å². The third-order valence-electron chi connectivity index (χ3n) is 5.97. The van der Waals surface area contributed by atoms with E-state index in [0.717, 1.165) is 22.4 Å². The second-order valence-electron chi connectivity index (χ2n) is 7.94. The topological polar surface area (TPSA) is 52.0 Å². The number of aromatic nitrogens is 3. The molecule has 0 aliphatic carbocycles. The first kappa shape index (κ1) is 21.5. The molecule has 0 fully saturated rings. The maximum absolute atomic E-state index is 15.3. The summed E-state index contributed by atoms with van der Waals surface area (Å²) >= 11 is 14.0. The molecule has 0 bridgehead atoms. The molecule has 5 nitrogen and oxygen atoms in total. The van der Waals surface area contributed by atoms with E-state index in [-0.39, 0.29) is 5.82 Å². The summed E-state index contributed by atoms with van der Waals surface area (Å²) in [5, 5.41) is 9.89. The van der Waals surface area contributed by atoms with Crippen molar-refractivity contribution in [3.63, 3.8) is 0 Å². The van der Waals surface area contributed by atoms with Gasteiger partial charge in [0.05, 0.1) is 5.70 Å². The van der Waals surface area contributed by atoms with E-state index >= 15 is 4.39 Å². The highest BCUT2D eigenvalue weighted by Gasteiger charge is 2.42. The Bertz CT molecular complexity index is 1450. The highest BCUT2D eigenvalue weighted by Crippen LogP contribution is 2.51. The number of anilines is 1. The summed E-state index contributed by atoms with van der Waals surface area (Å²) in [5.41, 5.74) is 3.74. The van der Waals surface area contributed by atoms with Gasteiger partial charge in [-0.15, -0.1) is 5.10 Å². The molecule has 34 heavy (non-hydrogen) atoms. The quantitative estimate of drug-likeness (QED) is 0.300. The fourth-order valence-electron chi connectivity index (χ4n) is 4.48. The molecule has 3 heterocycles. The van der Waals surface area contributed by atoms with Crippen molar-refractivity contribution in [1.29, 1.82) is 0 Å². The Morgan fingerprint density at radius 2 is 1.79 bits per heavy atom. The molecular formula is C25H17Cl2FN4OS. The van der Waals surface area contributed by atoms with Crippen molar-refractivity contribution in [3.05, 3.63) is 105 Å². The van der Waals surface area contributed by atoms with Crippen LogP contribution in [0.3, 0.4) is 0 Å². The van der Waals surface area contributed by atoms with Gasteiger partial charge < -0.3 is 10.1 Å². The van der Waals surface area contributed by atoms with E-state index < -0.39 is 12.1 Å². The lowest BCUT2D eigenvalue weighted by Crippen LogP contribution is -2.32. The van der Waals surface area contributed by atoms with Crippen LogP contribution in [0.2, 0.25) is 10.0 Å². The molecule has 0 amide bonds. The van der Waals surface area contributed by atoms with Gasteiger partial charge in [-0.25, -0.2) is 9.07 Å². The minimum Gasteiger partial charge on any atom is -0.480 e. The van der Waals surface area contributed by atoms with Crippen LogP contribution in [0, 0.1) is 5.82 Å². The monoisotopic (exact) mass is 510 g/mol. The molecule has 0 saturated carbocycles. The molecule has 4 aromatic rings. The van der Waals surface area contributed by atoms with E-state index in [1.165, 1.54) is 17.8 Å². The van der Waals surface area contributed by atoms with Gasteiger partial charge in [0.2, 0.25) is 11.1 Å². The molecule has 0 radical (unpaired) electrons. The third kappa shape index (κ3) is 3.47. The van der Waals surface area contributed by atoms with Crippen molar-refractivity contribution in [1.82, 2.24) is 14.8 Å². The molecule has 2 aliphatic rings. The fraction of sp³-hybridized carbons (Fsp3) is 0.120. The maximum atomic E-state index is 15.3. The normalized spacial score (nSPS) is 18.5. The van der Waals surface area contributed by atoms with Crippen LogP contribution in [0.1, 0.15) is 28.8 Å². The molecule has 3 aromatic carbocycles. The Balaban J connectivity index is 1.66. The summed E-state index contributed by atoms with van der Waals surface area (Å²) in [6.07, 6.45) is 1.38. The first-order chi connectivity index (χ1) is 16.5. The summed E-state index contributed by atoms with van der Waals surface area (Å²) in [7, 11) is 0. The van der Waals surface area contributed by atoms with Crippen LogP contribution in [0.5, 0.6) is 5.75 Å². The van der Waals surface area contributed by atoms with Gasteiger partial charge in [0.25, 0.3) is 0 Å². The fourth-order valence-corrected chi connectivity index (χ4v) is 5.12. The first-order valence-corrected chi connectivity index (χ1v) is 12.5. The van der Waals surface area contributed by atoms with Crippen LogP contribution in [-0.2, 0) is 0 Å². The highest BCUT2D eigenvalue weighted by molar-refractivity contribution is 7.98. The molecule has 1 aromatic heterocycles. The number of hydrogen-bond acceptors (Lipinski definition) is 5. The van der Waals surface area contributed by atoms with Gasteiger partial charge in [0.15, 0.2) is 0 Å². The summed E-state index contributed by atoms with van der Waals surface area (Å²) in [4.78, 5) is 4.63. The molecule has 2 aliphatic heterocycles. The lowest BCUT2D eigenvalue weighted by Gasteiger charge is -2.39. The van der Waals surface area contributed by atoms with Crippen LogP contribution in [-0.4, -0.2) is 21.0 Å². The first-order valence-electron chi connectivity index (χ1n) is 10.5. The smallest absolute Gasteiger partial charge is 0.227 e. The Morgan fingerprint density at radius 3 is 2.56 bits per heavy atom. The number of hydrogen-bond donors (Lipinski definition) is 1. The molecule has 0 spiro atoms. The number of thioether (sulfide) groups is 1. The van der Waals surface area contributed by atoms with Crippen LogP contribution in [0.4, 0.5) is 10.3 Å². The minimum absolute atomic E-state index is 0.333. The molecule has 9 heteroatoms. The van der Waals surface area contributed by atoms with Gasteiger partial charge in [-0.2, -0.15) is 4.98 Å². The number of ether oxygens (including phenoxy) is 1. The van der Waals surface area contributed by atoms with Crippen molar-refractivity contribution < 1.29 is 9.13 Å². The standard InChI is InChI=1S/C25H17Cl2FN4OS/c1-34-25-30-24-29-21-17-12-15(27)10-11-19(17)33-23(13-6-8-14(26)9-7-13)20(21)22(32(24)31-25)16-4-2-3-5-18(16)28/h2-12,22-23H,1H3,(H,29,30,31)/t22-,23+/m0/s1. The molecule has 170 valence electrons. The number of nitrogens with zero attached hydrogens (tertiary/aromatic N) is 3. The second-order valence-corrected chi connectivity index (χ2v) is 9.58. The molecule has 2 atom stereocenters. The third-order valence-corrected chi connectivity index (χ3v) is 7.00. The predicted molar refractivity (Wildman–Crippen MR) is 133 cm³/mol. The minimum atomic E-state index is -0.589. The lowest BCUT2D eigenvalue weighted by molar-refractivity contribution is 0.222. The Hall–Kier alpha value is -3.00. The summed E-state index contributed by atoms with van der Waals surface area (Å²) in [6.45, 7) is 0. The molecule has 6 rings (SSSR count). The number of nitrogens with one attached hydrogen (secondary N) is 1. The van der Waals surface area contributed by atoms with Crippen LogP contribution in [0.15, 0.2) is 77.5 Å². The SMILES string of the molecule is CSc1nc2n(n1)[C@@H](c1ccccc1F)C1=C(N2)c2cc(Cl)ccc2O[C@@H]1c1ccc(Cl)cc1. The molecular weight excluding hydrogens is 494 g/mol. The number of benzene rings is 3. The van der Waals surface area contributed by atoms with E-state index in [0.29, 0.717) is 32.5 Å². The van der Waals surface area contributed by atoms with Gasteiger partial charge in [0, 0.05) is 26.7 Å². The summed E-state index contributed by atoms with van der Waals surface area (Å²) in [5.74, 6) is 0.861. The van der Waals surface area contributed by atoms with Crippen molar-refractivity contribution >= 4 is 46.6 Å². The van der Waals surface area contributed by atoms with E-state index in [2.05, 4.69) is 15.4 Å². The molecule has 0 saturated heterocycles. The Morgan fingerprint density at radius 1 is 1.03 bits per heavy atom. The van der Waals surface area contributed by atoms with Gasteiger partial charge >= 0.3 is 0 Å². The largest absolute Gasteiger partial charge is 0.480 e. The lowest BCUT2D eigenvalue weighted by atomic mass is 9.84. The second kappa shape index (κ2) is 8.34. The summed E-state index contributed by atoms with van der Waals surface area (Å²) in [6, 6.07) is 19.1. The van der Waals surface area contributed by atoms with Crippen molar-refractivity contribution in [2.45, 2.75) is 17.3 Å². The average Bonchev–Trinajstić information content (AvgIpc) is 3.26. The van der Waals surface area contributed by atoms with Gasteiger partial charge in [0.1, 0.15) is 23.7 Å². The van der Waals surface area contributed by atoms with E-state index in [1.54, 1.807) is 22.9 Å². The predicted octanol–water partition coefficient (Wildman–Crippen LogP) is 7.01. The zero-order valence-electron chi connectivity index (χ0n) is 17.8. The van der Waals surface area contributed by atoms with Gasteiger partial charge in [-0.3, -0.25) is 0 Å². The Kier molecular flexibility index (Phi) is 5.28. The zero-order chi connectivity index (χ0) is 23.4. The van der Waals surface area contributed by atoms with Crippen molar-refractivity contribution in [3.8, 4) is 5.75 Å². The highest BCUT2D eigenvalue weighted by atomic mass is 35.5. The van der Waals surface area contributed by atoms with Gasteiger partial charge in [-0.05, 0) is 48.2 Å². The van der Waals surface area contributed by atoms with Crippen LogP contribution in [0.25, 0.3) is 5.70 Å². The number of halogens is 3. The number of fused-ring (bicyclic) bond motifs is 3. The molecule has 0 unspecified atom stereocenters. The van der Waals surface area contributed by atoms with Crippen LogP contribution >= 0.6 is 35.0 Å². The van der Waals surface area contributed by atoms with E-state index in [9.17, 15) is 0 Å². The number of rotatable bonds is 3. The van der Waals surface area contributed by atoms with Gasteiger partial charge in [-0.1, -0.05) is 65.3 Å².